The molecule has 2 aromatic carbocycles. The first-order valence-corrected chi connectivity index (χ1v) is 8.76. The summed E-state index contributed by atoms with van der Waals surface area (Å²) < 4.78 is 10.6. The van der Waals surface area contributed by atoms with E-state index in [4.69, 9.17) is 9.47 Å². The fourth-order valence-corrected chi connectivity index (χ4v) is 3.57. The summed E-state index contributed by atoms with van der Waals surface area (Å²) in [5.74, 6) is -2.29. The molecule has 4 rings (SSSR count). The second-order valence-electron chi connectivity index (χ2n) is 7.23. The van der Waals surface area contributed by atoms with E-state index < -0.39 is 41.9 Å². The minimum atomic E-state index is -1.90. The van der Waals surface area contributed by atoms with Crippen LogP contribution in [-0.2, 0) is 4.74 Å². The molecule has 0 amide bonds. The Kier molecular flexibility index (Phi) is 4.35. The maximum Gasteiger partial charge on any atom is 0.229 e. The molecule has 2 aliphatic rings. The van der Waals surface area contributed by atoms with E-state index in [0.717, 1.165) is 6.07 Å². The highest BCUT2D eigenvalue weighted by atomic mass is 16.7. The van der Waals surface area contributed by atoms with Crippen LogP contribution in [0.25, 0.3) is 0 Å². The summed E-state index contributed by atoms with van der Waals surface area (Å²) >= 11 is 0. The average molecular weight is 402 g/mol. The molecule has 152 valence electrons. The number of hydrogen-bond donors (Lipinski definition) is 5. The van der Waals surface area contributed by atoms with Gasteiger partial charge in [-0.15, -0.1) is 0 Å². The largest absolute Gasteiger partial charge is 0.507 e. The smallest absolute Gasteiger partial charge is 0.229 e. The van der Waals surface area contributed by atoms with Crippen molar-refractivity contribution in [3.05, 3.63) is 52.1 Å². The number of carbonyl (C=O) groups is 2. The number of aromatic hydroxyl groups is 2. The Bertz CT molecular complexity index is 1040. The molecule has 1 saturated heterocycles. The Morgan fingerprint density at radius 1 is 1.07 bits per heavy atom. The lowest BCUT2D eigenvalue weighted by molar-refractivity contribution is -0.115. The molecule has 1 heterocycles. The number of rotatable bonds is 3. The summed E-state index contributed by atoms with van der Waals surface area (Å²) in [4.78, 5) is 25.7. The van der Waals surface area contributed by atoms with Gasteiger partial charge in [-0.1, -0.05) is 0 Å². The molecule has 0 spiro atoms. The van der Waals surface area contributed by atoms with Gasteiger partial charge < -0.3 is 35.0 Å². The van der Waals surface area contributed by atoms with Crippen molar-refractivity contribution in [1.82, 2.24) is 0 Å². The molecule has 2 aromatic rings. The quantitative estimate of drug-likeness (QED) is 0.407. The molecular formula is C20H18O9. The van der Waals surface area contributed by atoms with Crippen LogP contribution in [0.15, 0.2) is 24.3 Å². The van der Waals surface area contributed by atoms with Crippen molar-refractivity contribution in [3.8, 4) is 17.2 Å². The molecule has 0 unspecified atom stereocenters. The number of aryl methyl sites for hydroxylation is 1. The van der Waals surface area contributed by atoms with Crippen LogP contribution in [0.2, 0.25) is 0 Å². The van der Waals surface area contributed by atoms with E-state index in [-0.39, 0.29) is 40.4 Å². The Hall–Kier alpha value is -2.98. The fourth-order valence-electron chi connectivity index (χ4n) is 3.57. The standard InChI is InChI=1S/C20H18O9/c1-8-2-10-14(12(22)3-8)17(25)15-11(16(10)24)4-9(5-13(15)23)29-19-18(26)20(27,6-21)7-28-19/h2-5,18-19,21-23,26-27H,6-7H2,1H3/t18-,19-,20-/m0/s1. The van der Waals surface area contributed by atoms with E-state index in [1.807, 2.05) is 0 Å². The maximum atomic E-state index is 12.9. The van der Waals surface area contributed by atoms with Gasteiger partial charge in [0.1, 0.15) is 29.0 Å². The number of aliphatic hydroxyl groups is 3. The zero-order valence-electron chi connectivity index (χ0n) is 15.2. The predicted octanol–water partition coefficient (Wildman–Crippen LogP) is 0.00102. The van der Waals surface area contributed by atoms with Gasteiger partial charge in [0.05, 0.1) is 24.3 Å². The Morgan fingerprint density at radius 3 is 2.31 bits per heavy atom. The van der Waals surface area contributed by atoms with Gasteiger partial charge in [0, 0.05) is 17.2 Å². The molecule has 5 N–H and O–H groups in total. The van der Waals surface area contributed by atoms with E-state index in [0.29, 0.717) is 5.56 Å². The van der Waals surface area contributed by atoms with Crippen LogP contribution in [0, 0.1) is 6.92 Å². The highest BCUT2D eigenvalue weighted by Crippen LogP contribution is 2.40. The fraction of sp³-hybridized carbons (Fsp3) is 0.300. The van der Waals surface area contributed by atoms with Crippen molar-refractivity contribution in [2.24, 2.45) is 0 Å². The second-order valence-corrected chi connectivity index (χ2v) is 7.23. The molecule has 9 heteroatoms. The van der Waals surface area contributed by atoms with Gasteiger partial charge in [0.2, 0.25) is 12.1 Å². The first-order valence-electron chi connectivity index (χ1n) is 8.76. The van der Waals surface area contributed by atoms with Crippen LogP contribution < -0.4 is 4.74 Å². The minimum absolute atomic E-state index is 0.00311. The normalized spacial score (nSPS) is 25.7. The SMILES string of the molecule is Cc1cc(O)c2c(c1)C(=O)c1cc(O[C@@H]3OC[C@@](O)(CO)[C@H]3O)cc(O)c1C2=O. The molecule has 0 saturated carbocycles. The van der Waals surface area contributed by atoms with Gasteiger partial charge in [0.15, 0.2) is 5.78 Å². The van der Waals surface area contributed by atoms with Crippen molar-refractivity contribution in [2.45, 2.75) is 24.9 Å². The third-order valence-corrected chi connectivity index (χ3v) is 5.13. The number of ketones is 2. The van der Waals surface area contributed by atoms with Gasteiger partial charge in [-0.25, -0.2) is 0 Å². The summed E-state index contributed by atoms with van der Waals surface area (Å²) in [5.41, 5.74) is -1.90. The minimum Gasteiger partial charge on any atom is -0.507 e. The number of carbonyl (C=O) groups excluding carboxylic acids is 2. The summed E-state index contributed by atoms with van der Waals surface area (Å²) in [5, 5.41) is 49.8. The lowest BCUT2D eigenvalue weighted by Gasteiger charge is -2.24. The average Bonchev–Trinajstić information content (AvgIpc) is 2.94. The number of aliphatic hydroxyl groups excluding tert-OH is 2. The van der Waals surface area contributed by atoms with Gasteiger partial charge in [-0.3, -0.25) is 9.59 Å². The van der Waals surface area contributed by atoms with Gasteiger partial charge >= 0.3 is 0 Å². The lowest BCUT2D eigenvalue weighted by Crippen LogP contribution is -2.48. The Morgan fingerprint density at radius 2 is 1.69 bits per heavy atom. The van der Waals surface area contributed by atoms with Crippen molar-refractivity contribution in [2.75, 3.05) is 13.2 Å². The maximum absolute atomic E-state index is 12.9. The van der Waals surface area contributed by atoms with E-state index in [1.54, 1.807) is 6.92 Å². The number of fused-ring (bicyclic) bond motifs is 2. The third kappa shape index (κ3) is 2.87. The Labute approximate surface area is 164 Å². The van der Waals surface area contributed by atoms with E-state index in [1.165, 1.54) is 18.2 Å². The van der Waals surface area contributed by atoms with E-state index in [2.05, 4.69) is 0 Å². The molecule has 0 aromatic heterocycles. The van der Waals surface area contributed by atoms with Gasteiger partial charge in [-0.2, -0.15) is 0 Å². The summed E-state index contributed by atoms with van der Waals surface area (Å²) in [6.45, 7) is 0.525. The summed E-state index contributed by atoms with van der Waals surface area (Å²) in [7, 11) is 0. The van der Waals surface area contributed by atoms with Crippen LogP contribution in [0.3, 0.4) is 0 Å². The summed E-state index contributed by atoms with van der Waals surface area (Å²) in [6, 6.07) is 5.09. The number of ether oxygens (including phenoxy) is 2. The second kappa shape index (κ2) is 6.53. The molecule has 0 radical (unpaired) electrons. The lowest BCUT2D eigenvalue weighted by atomic mass is 9.82. The highest BCUT2D eigenvalue weighted by Gasteiger charge is 2.49. The topological polar surface area (TPSA) is 154 Å². The molecule has 9 nitrogen and oxygen atoms in total. The van der Waals surface area contributed by atoms with Crippen molar-refractivity contribution in [3.63, 3.8) is 0 Å². The van der Waals surface area contributed by atoms with Crippen LogP contribution in [0.5, 0.6) is 17.2 Å². The molecule has 29 heavy (non-hydrogen) atoms. The third-order valence-electron chi connectivity index (χ3n) is 5.13. The van der Waals surface area contributed by atoms with Crippen molar-refractivity contribution >= 4 is 11.6 Å². The monoisotopic (exact) mass is 402 g/mol. The zero-order valence-corrected chi connectivity index (χ0v) is 15.2. The molecule has 0 bridgehead atoms. The van der Waals surface area contributed by atoms with Gasteiger partial charge in [-0.05, 0) is 30.7 Å². The number of benzene rings is 2. The van der Waals surface area contributed by atoms with Crippen LogP contribution in [0.1, 0.15) is 37.4 Å². The molecule has 1 aliphatic heterocycles. The molecule has 3 atom stereocenters. The highest BCUT2D eigenvalue weighted by molar-refractivity contribution is 6.30. The van der Waals surface area contributed by atoms with E-state index >= 15 is 0 Å². The number of phenols is 2. The first-order chi connectivity index (χ1) is 13.7. The zero-order chi connectivity index (χ0) is 21.1. The van der Waals surface area contributed by atoms with Crippen LogP contribution >= 0.6 is 0 Å². The Balaban J connectivity index is 1.74. The van der Waals surface area contributed by atoms with Crippen LogP contribution in [0.4, 0.5) is 0 Å². The molecule has 1 fully saturated rings. The van der Waals surface area contributed by atoms with Crippen LogP contribution in [-0.4, -0.2) is 68.3 Å². The predicted molar refractivity (Wildman–Crippen MR) is 96.2 cm³/mol. The first kappa shape index (κ1) is 19.3. The number of phenolic OH excluding ortho intramolecular Hbond substituents is 2. The molecular weight excluding hydrogens is 384 g/mol. The summed E-state index contributed by atoms with van der Waals surface area (Å²) in [6.07, 6.45) is -2.94. The number of hydrogen-bond acceptors (Lipinski definition) is 9. The van der Waals surface area contributed by atoms with Gasteiger partial charge in [0.25, 0.3) is 0 Å². The van der Waals surface area contributed by atoms with Crippen molar-refractivity contribution < 1.29 is 44.6 Å². The van der Waals surface area contributed by atoms with Crippen molar-refractivity contribution in [1.29, 1.82) is 0 Å². The molecule has 1 aliphatic carbocycles. The van der Waals surface area contributed by atoms with E-state index in [9.17, 15) is 35.1 Å².